The fourth-order valence-corrected chi connectivity index (χ4v) is 5.39. The number of carbonyl (C=O) groups excluding carboxylic acids is 2. The summed E-state index contributed by atoms with van der Waals surface area (Å²) >= 11 is 0. The molecule has 0 fully saturated rings. The average molecular weight is 594 g/mol. The highest BCUT2D eigenvalue weighted by atomic mass is 16.7. The Bertz CT molecular complexity index is 1460. The standard InChI is InChI=1S/C31H39N5O7/c1-18-13-36(19(2)16-37)29(38)12-23-11-24(32-31(39)33-30-20(3)34-43-21(30)4)7-9-25(23)42-28(18)15-35(5)14-22-6-8-26-27(10-22)41-17-40-26/h6-11,18-19,28,37H,12-17H2,1-5H3,(H2,32,33,39)/t18-,19+,28+/m1/s1. The van der Waals surface area contributed by atoms with Gasteiger partial charge in [-0.2, -0.15) is 0 Å². The topological polar surface area (TPSA) is 139 Å². The van der Waals surface area contributed by atoms with Crippen LogP contribution in [0.2, 0.25) is 0 Å². The van der Waals surface area contributed by atoms with Crippen LogP contribution in [0.1, 0.15) is 36.4 Å². The number of hydrogen-bond donors (Lipinski definition) is 3. The summed E-state index contributed by atoms with van der Waals surface area (Å²) in [7, 11) is 2.03. The molecule has 3 atom stereocenters. The Morgan fingerprint density at radius 2 is 1.91 bits per heavy atom. The number of anilines is 2. The second kappa shape index (κ2) is 12.9. The predicted octanol–water partition coefficient (Wildman–Crippen LogP) is 3.95. The van der Waals surface area contributed by atoms with Crippen LogP contribution in [0, 0.1) is 19.8 Å². The van der Waals surface area contributed by atoms with Crippen molar-refractivity contribution in [3.63, 3.8) is 0 Å². The zero-order valence-corrected chi connectivity index (χ0v) is 25.2. The Balaban J connectivity index is 1.36. The van der Waals surface area contributed by atoms with Gasteiger partial charge in [-0.15, -0.1) is 0 Å². The number of nitrogens with one attached hydrogen (secondary N) is 2. The lowest BCUT2D eigenvalue weighted by Gasteiger charge is -2.34. The van der Waals surface area contributed by atoms with E-state index in [-0.39, 0.29) is 43.8 Å². The minimum absolute atomic E-state index is 0.0401. The van der Waals surface area contributed by atoms with E-state index >= 15 is 0 Å². The van der Waals surface area contributed by atoms with E-state index in [0.717, 1.165) is 17.1 Å². The number of fused-ring (bicyclic) bond motifs is 2. The normalized spacial score (nSPS) is 18.8. The summed E-state index contributed by atoms with van der Waals surface area (Å²) in [5.74, 6) is 2.41. The molecule has 0 spiro atoms. The first kappa shape index (κ1) is 30.2. The van der Waals surface area contributed by atoms with E-state index < -0.39 is 6.03 Å². The summed E-state index contributed by atoms with van der Waals surface area (Å²) in [6, 6.07) is 10.4. The monoisotopic (exact) mass is 593 g/mol. The first-order chi connectivity index (χ1) is 20.6. The Morgan fingerprint density at radius 1 is 1.14 bits per heavy atom. The van der Waals surface area contributed by atoms with Crippen LogP contribution in [-0.4, -0.2) is 77.7 Å². The highest BCUT2D eigenvalue weighted by Crippen LogP contribution is 2.33. The first-order valence-electron chi connectivity index (χ1n) is 14.4. The van der Waals surface area contributed by atoms with Crippen molar-refractivity contribution < 1.29 is 33.4 Å². The van der Waals surface area contributed by atoms with Gasteiger partial charge in [0.15, 0.2) is 17.3 Å². The lowest BCUT2D eigenvalue weighted by atomic mass is 10.0. The molecule has 0 radical (unpaired) electrons. The van der Waals surface area contributed by atoms with E-state index in [0.29, 0.717) is 53.8 Å². The fraction of sp³-hybridized carbons (Fsp3) is 0.452. The summed E-state index contributed by atoms with van der Waals surface area (Å²) in [6.07, 6.45) is -0.202. The van der Waals surface area contributed by atoms with Gasteiger partial charge in [-0.1, -0.05) is 18.1 Å². The molecule has 0 saturated carbocycles. The molecule has 2 aromatic carbocycles. The molecule has 0 aliphatic carbocycles. The molecule has 0 saturated heterocycles. The van der Waals surface area contributed by atoms with Gasteiger partial charge >= 0.3 is 6.03 Å². The van der Waals surface area contributed by atoms with E-state index in [1.807, 2.05) is 32.2 Å². The molecule has 2 aliphatic heterocycles. The highest BCUT2D eigenvalue weighted by Gasteiger charge is 2.31. The molecule has 230 valence electrons. The molecule has 3 N–H and O–H groups in total. The maximum Gasteiger partial charge on any atom is 0.323 e. The number of nitrogens with zero attached hydrogens (tertiary/aromatic N) is 3. The molecule has 43 heavy (non-hydrogen) atoms. The van der Waals surface area contributed by atoms with E-state index in [1.54, 1.807) is 36.9 Å². The van der Waals surface area contributed by atoms with Gasteiger partial charge < -0.3 is 39.4 Å². The summed E-state index contributed by atoms with van der Waals surface area (Å²) in [5.41, 5.74) is 3.31. The molecule has 5 rings (SSSR count). The lowest BCUT2D eigenvalue weighted by Crippen LogP contribution is -2.47. The smallest absolute Gasteiger partial charge is 0.323 e. The van der Waals surface area contributed by atoms with Crippen molar-refractivity contribution in [1.29, 1.82) is 0 Å². The summed E-state index contributed by atoms with van der Waals surface area (Å²) < 4.78 is 22.7. The third kappa shape index (κ3) is 7.03. The number of benzene rings is 2. The fourth-order valence-electron chi connectivity index (χ4n) is 5.39. The number of aliphatic hydroxyl groups excluding tert-OH is 1. The van der Waals surface area contributed by atoms with Gasteiger partial charge in [0.1, 0.15) is 23.2 Å². The van der Waals surface area contributed by atoms with Gasteiger partial charge in [0.2, 0.25) is 12.7 Å². The molecule has 0 unspecified atom stereocenters. The molecule has 0 bridgehead atoms. The molecule has 3 aromatic rings. The van der Waals surface area contributed by atoms with Crippen LogP contribution in [-0.2, 0) is 17.8 Å². The Hall–Kier alpha value is -4.29. The summed E-state index contributed by atoms with van der Waals surface area (Å²) in [5, 5.41) is 19.4. The number of aryl methyl sites for hydroxylation is 2. The molecular formula is C31H39N5O7. The van der Waals surface area contributed by atoms with Crippen LogP contribution in [0.3, 0.4) is 0 Å². The predicted molar refractivity (Wildman–Crippen MR) is 160 cm³/mol. The zero-order chi connectivity index (χ0) is 30.7. The van der Waals surface area contributed by atoms with Crippen molar-refractivity contribution in [2.75, 3.05) is 44.2 Å². The van der Waals surface area contributed by atoms with Gasteiger partial charge in [-0.3, -0.25) is 9.69 Å². The summed E-state index contributed by atoms with van der Waals surface area (Å²) in [6.45, 7) is 9.12. The van der Waals surface area contributed by atoms with Gasteiger partial charge in [-0.05, 0) is 63.7 Å². The van der Waals surface area contributed by atoms with E-state index in [9.17, 15) is 14.7 Å². The summed E-state index contributed by atoms with van der Waals surface area (Å²) in [4.78, 5) is 30.2. The minimum Gasteiger partial charge on any atom is -0.488 e. The third-order valence-corrected chi connectivity index (χ3v) is 7.83. The quantitative estimate of drug-likeness (QED) is 0.354. The van der Waals surface area contributed by atoms with Gasteiger partial charge in [-0.25, -0.2) is 4.79 Å². The van der Waals surface area contributed by atoms with Crippen LogP contribution in [0.5, 0.6) is 17.2 Å². The molecule has 3 amide bonds. The average Bonchev–Trinajstić information content (AvgIpc) is 3.57. The molecular weight excluding hydrogens is 554 g/mol. The van der Waals surface area contributed by atoms with Crippen LogP contribution in [0.15, 0.2) is 40.9 Å². The minimum atomic E-state index is -0.461. The zero-order valence-electron chi connectivity index (χ0n) is 25.2. The number of aromatic nitrogens is 1. The molecule has 12 nitrogen and oxygen atoms in total. The lowest BCUT2D eigenvalue weighted by molar-refractivity contribution is -0.134. The number of urea groups is 1. The maximum absolute atomic E-state index is 13.5. The van der Waals surface area contributed by atoms with Gasteiger partial charge in [0, 0.05) is 36.8 Å². The molecule has 2 aliphatic rings. The first-order valence-corrected chi connectivity index (χ1v) is 14.4. The molecule has 3 heterocycles. The van der Waals surface area contributed by atoms with Gasteiger partial charge in [0.05, 0.1) is 19.1 Å². The second-order valence-corrected chi connectivity index (χ2v) is 11.4. The maximum atomic E-state index is 13.5. The van der Waals surface area contributed by atoms with Crippen LogP contribution in [0.4, 0.5) is 16.2 Å². The number of carbonyl (C=O) groups is 2. The van der Waals surface area contributed by atoms with Crippen molar-refractivity contribution in [1.82, 2.24) is 15.0 Å². The Labute approximate surface area is 250 Å². The third-order valence-electron chi connectivity index (χ3n) is 7.83. The SMILES string of the molecule is Cc1noc(C)c1NC(=O)Nc1ccc2c(c1)CC(=O)N([C@@H](C)CO)C[C@@H](C)[C@H](CN(C)Cc1ccc3c(c1)OCO3)O2. The number of likely N-dealkylation sites (N-methyl/N-ethyl adjacent to an activating group) is 1. The van der Waals surface area contributed by atoms with Crippen molar-refractivity contribution in [3.8, 4) is 17.2 Å². The number of ether oxygens (including phenoxy) is 3. The van der Waals surface area contributed by atoms with Crippen molar-refractivity contribution >= 4 is 23.3 Å². The number of hydrogen-bond acceptors (Lipinski definition) is 9. The van der Waals surface area contributed by atoms with Crippen molar-refractivity contribution in [3.05, 3.63) is 59.0 Å². The second-order valence-electron chi connectivity index (χ2n) is 11.4. The van der Waals surface area contributed by atoms with E-state index in [4.69, 9.17) is 18.7 Å². The van der Waals surface area contributed by atoms with Crippen molar-refractivity contribution in [2.24, 2.45) is 5.92 Å². The number of aliphatic hydroxyl groups is 1. The number of rotatable bonds is 8. The Kier molecular flexibility index (Phi) is 9.07. The Morgan fingerprint density at radius 3 is 2.65 bits per heavy atom. The van der Waals surface area contributed by atoms with Gasteiger partial charge in [0.25, 0.3) is 0 Å². The van der Waals surface area contributed by atoms with E-state index in [2.05, 4.69) is 27.6 Å². The van der Waals surface area contributed by atoms with Crippen LogP contribution in [0.25, 0.3) is 0 Å². The molecule has 12 heteroatoms. The largest absolute Gasteiger partial charge is 0.488 e. The molecule has 1 aromatic heterocycles. The van der Waals surface area contributed by atoms with E-state index in [1.165, 1.54) is 0 Å². The van der Waals surface area contributed by atoms with Crippen molar-refractivity contribution in [2.45, 2.75) is 52.8 Å². The highest BCUT2D eigenvalue weighted by molar-refractivity contribution is 6.00. The van der Waals surface area contributed by atoms with Crippen LogP contribution >= 0.6 is 0 Å². The number of amides is 3. The van der Waals surface area contributed by atoms with Crippen LogP contribution < -0.4 is 24.8 Å².